The topological polar surface area (TPSA) is 86.6 Å². The average Bonchev–Trinajstić information content (AvgIpc) is 2.10. The van der Waals surface area contributed by atoms with Crippen LogP contribution in [0, 0.1) is 0 Å². The molecule has 0 amide bonds. The van der Waals surface area contributed by atoms with E-state index in [2.05, 4.69) is 11.9 Å². The summed E-state index contributed by atoms with van der Waals surface area (Å²) in [5, 5.41) is 19.8. The standard InChI is InChI=1S/C9H15NO4/c1-2-3-6-10-7(9(13)14)4-5-8(11)12/h2,7,10H,1,3-6H2,(H,11,12)(H,13,14)/t7-/m0/s1. The summed E-state index contributed by atoms with van der Waals surface area (Å²) in [5.41, 5.74) is 0. The van der Waals surface area contributed by atoms with E-state index in [9.17, 15) is 9.59 Å². The Balaban J connectivity index is 3.83. The number of hydrogen-bond acceptors (Lipinski definition) is 3. The van der Waals surface area contributed by atoms with Gasteiger partial charge in [-0.1, -0.05) is 6.08 Å². The molecule has 1 atom stereocenters. The van der Waals surface area contributed by atoms with Gasteiger partial charge in [0.2, 0.25) is 0 Å². The summed E-state index contributed by atoms with van der Waals surface area (Å²) in [6, 6.07) is -0.786. The van der Waals surface area contributed by atoms with Crippen molar-refractivity contribution in [2.24, 2.45) is 0 Å². The lowest BCUT2D eigenvalue weighted by Crippen LogP contribution is -2.37. The Morgan fingerprint density at radius 3 is 2.50 bits per heavy atom. The third-order valence-corrected chi connectivity index (χ3v) is 1.68. The summed E-state index contributed by atoms with van der Waals surface area (Å²) in [4.78, 5) is 20.8. The first-order chi connectivity index (χ1) is 6.57. The molecule has 0 aromatic heterocycles. The van der Waals surface area contributed by atoms with Gasteiger partial charge in [-0.15, -0.1) is 6.58 Å². The number of aliphatic carboxylic acids is 2. The molecule has 0 fully saturated rings. The molecule has 0 rings (SSSR count). The highest BCUT2D eigenvalue weighted by molar-refractivity contribution is 5.75. The van der Waals surface area contributed by atoms with Gasteiger partial charge < -0.3 is 15.5 Å². The predicted octanol–water partition coefficient (Wildman–Crippen LogP) is 0.470. The summed E-state index contributed by atoms with van der Waals surface area (Å²) in [6.07, 6.45) is 2.29. The zero-order chi connectivity index (χ0) is 11.0. The van der Waals surface area contributed by atoms with Crippen molar-refractivity contribution in [3.05, 3.63) is 12.7 Å². The molecular weight excluding hydrogens is 186 g/mol. The van der Waals surface area contributed by atoms with Crippen molar-refractivity contribution in [2.75, 3.05) is 6.54 Å². The minimum absolute atomic E-state index is 0.0990. The van der Waals surface area contributed by atoms with Gasteiger partial charge in [0, 0.05) is 6.42 Å². The second-order valence-corrected chi connectivity index (χ2v) is 2.85. The molecule has 0 heterocycles. The fourth-order valence-electron chi connectivity index (χ4n) is 0.940. The van der Waals surface area contributed by atoms with Crippen molar-refractivity contribution in [1.29, 1.82) is 0 Å². The number of carboxylic acid groups (broad SMARTS) is 2. The van der Waals surface area contributed by atoms with Crippen LogP contribution in [0.1, 0.15) is 19.3 Å². The van der Waals surface area contributed by atoms with Crippen molar-refractivity contribution in [3.8, 4) is 0 Å². The van der Waals surface area contributed by atoms with Crippen LogP contribution >= 0.6 is 0 Å². The zero-order valence-corrected chi connectivity index (χ0v) is 7.90. The van der Waals surface area contributed by atoms with E-state index in [0.29, 0.717) is 13.0 Å². The van der Waals surface area contributed by atoms with Gasteiger partial charge in [0.25, 0.3) is 0 Å². The van der Waals surface area contributed by atoms with Gasteiger partial charge in [-0.2, -0.15) is 0 Å². The molecule has 0 aliphatic heterocycles. The summed E-state index contributed by atoms with van der Waals surface area (Å²) in [6.45, 7) is 4.00. The Bertz CT molecular complexity index is 215. The fourth-order valence-corrected chi connectivity index (χ4v) is 0.940. The Kier molecular flexibility index (Phi) is 6.39. The molecule has 0 saturated carbocycles. The van der Waals surface area contributed by atoms with Crippen LogP contribution in [0.3, 0.4) is 0 Å². The van der Waals surface area contributed by atoms with Gasteiger partial charge in [-0.3, -0.25) is 9.59 Å². The highest BCUT2D eigenvalue weighted by Crippen LogP contribution is 1.98. The van der Waals surface area contributed by atoms with Crippen LogP contribution in [0.15, 0.2) is 12.7 Å². The lowest BCUT2D eigenvalue weighted by Gasteiger charge is -2.12. The smallest absolute Gasteiger partial charge is 0.320 e. The lowest BCUT2D eigenvalue weighted by atomic mass is 10.1. The lowest BCUT2D eigenvalue weighted by molar-refractivity contribution is -0.140. The van der Waals surface area contributed by atoms with Crippen molar-refractivity contribution in [1.82, 2.24) is 5.32 Å². The predicted molar refractivity (Wildman–Crippen MR) is 51.1 cm³/mol. The second kappa shape index (κ2) is 7.08. The van der Waals surface area contributed by atoms with Crippen LogP contribution in [0.2, 0.25) is 0 Å². The van der Waals surface area contributed by atoms with E-state index in [0.717, 1.165) is 0 Å². The van der Waals surface area contributed by atoms with E-state index in [4.69, 9.17) is 10.2 Å². The summed E-state index contributed by atoms with van der Waals surface area (Å²) >= 11 is 0. The van der Waals surface area contributed by atoms with Crippen LogP contribution in [0.4, 0.5) is 0 Å². The maximum Gasteiger partial charge on any atom is 0.320 e. The van der Waals surface area contributed by atoms with Crippen LogP contribution in [0.25, 0.3) is 0 Å². The van der Waals surface area contributed by atoms with E-state index >= 15 is 0 Å². The number of carboxylic acids is 2. The zero-order valence-electron chi connectivity index (χ0n) is 7.90. The first kappa shape index (κ1) is 12.6. The molecule has 0 aromatic rings. The Hall–Kier alpha value is -1.36. The molecule has 0 saturated heterocycles. The molecule has 0 aliphatic rings. The highest BCUT2D eigenvalue weighted by atomic mass is 16.4. The maximum atomic E-state index is 10.6. The molecule has 14 heavy (non-hydrogen) atoms. The number of rotatable bonds is 8. The van der Waals surface area contributed by atoms with Gasteiger partial charge in [-0.05, 0) is 19.4 Å². The number of nitrogens with one attached hydrogen (secondary N) is 1. The highest BCUT2D eigenvalue weighted by Gasteiger charge is 2.16. The van der Waals surface area contributed by atoms with E-state index < -0.39 is 18.0 Å². The number of hydrogen-bond donors (Lipinski definition) is 3. The molecule has 0 aromatic carbocycles. The molecule has 0 unspecified atom stereocenters. The normalized spacial score (nSPS) is 12.0. The van der Waals surface area contributed by atoms with E-state index in [1.54, 1.807) is 6.08 Å². The fraction of sp³-hybridized carbons (Fsp3) is 0.556. The van der Waals surface area contributed by atoms with Gasteiger partial charge in [0.15, 0.2) is 0 Å². The molecule has 3 N–H and O–H groups in total. The van der Waals surface area contributed by atoms with E-state index in [-0.39, 0.29) is 12.8 Å². The average molecular weight is 201 g/mol. The SMILES string of the molecule is C=CCCN[C@@H](CCC(=O)O)C(=O)O. The van der Waals surface area contributed by atoms with Crippen molar-refractivity contribution in [3.63, 3.8) is 0 Å². The Morgan fingerprint density at radius 2 is 2.07 bits per heavy atom. The van der Waals surface area contributed by atoms with Gasteiger partial charge >= 0.3 is 11.9 Å². The molecule has 5 heteroatoms. The monoisotopic (exact) mass is 201 g/mol. The van der Waals surface area contributed by atoms with Crippen molar-refractivity contribution in [2.45, 2.75) is 25.3 Å². The third-order valence-electron chi connectivity index (χ3n) is 1.68. The van der Waals surface area contributed by atoms with Crippen LogP contribution < -0.4 is 5.32 Å². The molecule has 0 aliphatic carbocycles. The Labute approximate surface area is 82.4 Å². The minimum Gasteiger partial charge on any atom is -0.481 e. The molecule has 0 spiro atoms. The molecule has 5 nitrogen and oxygen atoms in total. The Morgan fingerprint density at radius 1 is 1.43 bits per heavy atom. The summed E-state index contributed by atoms with van der Waals surface area (Å²) < 4.78 is 0. The van der Waals surface area contributed by atoms with E-state index in [1.807, 2.05) is 0 Å². The van der Waals surface area contributed by atoms with Gasteiger partial charge in [0.1, 0.15) is 6.04 Å². The summed E-state index contributed by atoms with van der Waals surface area (Å²) in [5.74, 6) is -2.00. The largest absolute Gasteiger partial charge is 0.481 e. The molecular formula is C9H15NO4. The second-order valence-electron chi connectivity index (χ2n) is 2.85. The maximum absolute atomic E-state index is 10.6. The summed E-state index contributed by atoms with van der Waals surface area (Å²) in [7, 11) is 0. The van der Waals surface area contributed by atoms with Crippen molar-refractivity contribution >= 4 is 11.9 Å². The van der Waals surface area contributed by atoms with Crippen LogP contribution in [-0.4, -0.2) is 34.7 Å². The molecule has 0 radical (unpaired) electrons. The first-order valence-electron chi connectivity index (χ1n) is 4.36. The molecule has 0 bridgehead atoms. The first-order valence-corrected chi connectivity index (χ1v) is 4.36. The quantitative estimate of drug-likeness (QED) is 0.392. The number of carbonyl (C=O) groups is 2. The van der Waals surface area contributed by atoms with Gasteiger partial charge in [-0.25, -0.2) is 0 Å². The van der Waals surface area contributed by atoms with Crippen molar-refractivity contribution < 1.29 is 19.8 Å². The van der Waals surface area contributed by atoms with E-state index in [1.165, 1.54) is 0 Å². The van der Waals surface area contributed by atoms with Crippen LogP contribution in [0.5, 0.6) is 0 Å². The minimum atomic E-state index is -1.02. The molecule has 80 valence electrons. The van der Waals surface area contributed by atoms with Crippen LogP contribution in [-0.2, 0) is 9.59 Å². The van der Waals surface area contributed by atoms with Gasteiger partial charge in [0.05, 0.1) is 0 Å². The third kappa shape index (κ3) is 6.19.